The highest BCUT2D eigenvalue weighted by Crippen LogP contribution is 2.25. The summed E-state index contributed by atoms with van der Waals surface area (Å²) in [7, 11) is 0. The normalized spacial score (nSPS) is 28.1. The molecule has 116 valence electrons. The van der Waals surface area contributed by atoms with Crippen molar-refractivity contribution in [2.75, 3.05) is 32.7 Å². The van der Waals surface area contributed by atoms with E-state index >= 15 is 0 Å². The summed E-state index contributed by atoms with van der Waals surface area (Å²) in [5.41, 5.74) is 1.64. The van der Waals surface area contributed by atoms with Crippen LogP contribution in [0.4, 0.5) is 0 Å². The molecule has 21 heavy (non-hydrogen) atoms. The molecule has 0 saturated carbocycles. The Hall–Kier alpha value is -0.970. The van der Waals surface area contributed by atoms with Gasteiger partial charge in [0.15, 0.2) is 0 Å². The number of aromatic nitrogens is 1. The van der Waals surface area contributed by atoms with Crippen molar-refractivity contribution in [1.29, 1.82) is 0 Å². The van der Waals surface area contributed by atoms with Gasteiger partial charge in [-0.3, -0.25) is 9.88 Å². The lowest BCUT2D eigenvalue weighted by atomic mass is 9.92. The zero-order chi connectivity index (χ0) is 14.7. The van der Waals surface area contributed by atoms with Gasteiger partial charge in [0, 0.05) is 25.3 Å². The van der Waals surface area contributed by atoms with Crippen molar-refractivity contribution in [1.82, 2.24) is 14.8 Å². The second kappa shape index (κ2) is 6.42. The third-order valence-corrected chi connectivity index (χ3v) is 4.68. The Balaban J connectivity index is 1.59. The summed E-state index contributed by atoms with van der Waals surface area (Å²) in [6.45, 7) is 7.87. The molecular weight excluding hydrogens is 262 g/mol. The summed E-state index contributed by atoms with van der Waals surface area (Å²) >= 11 is 0. The van der Waals surface area contributed by atoms with E-state index in [-0.39, 0.29) is 0 Å². The molecular formula is C17H27N3O. The molecule has 1 atom stereocenters. The number of likely N-dealkylation sites (tertiary alicyclic amines) is 2. The number of aryl methyl sites for hydroxylation is 1. The van der Waals surface area contributed by atoms with E-state index in [0.717, 1.165) is 63.5 Å². The first-order valence-corrected chi connectivity index (χ1v) is 8.23. The summed E-state index contributed by atoms with van der Waals surface area (Å²) in [6, 6.07) is 6.18. The average molecular weight is 289 g/mol. The van der Waals surface area contributed by atoms with Gasteiger partial charge in [-0.05, 0) is 64.4 Å². The second-order valence-electron chi connectivity index (χ2n) is 6.79. The van der Waals surface area contributed by atoms with E-state index in [1.807, 2.05) is 13.0 Å². The molecule has 2 aliphatic heterocycles. The quantitative estimate of drug-likeness (QED) is 0.918. The molecule has 3 heterocycles. The summed E-state index contributed by atoms with van der Waals surface area (Å²) in [6.07, 6.45) is 4.58. The summed E-state index contributed by atoms with van der Waals surface area (Å²) in [4.78, 5) is 9.37. The Morgan fingerprint density at radius 3 is 2.67 bits per heavy atom. The Kier molecular flexibility index (Phi) is 4.57. The number of pyridine rings is 1. The zero-order valence-electron chi connectivity index (χ0n) is 13.1. The van der Waals surface area contributed by atoms with Gasteiger partial charge in [0.1, 0.15) is 0 Å². The van der Waals surface area contributed by atoms with Crippen LogP contribution in [0.1, 0.15) is 37.1 Å². The van der Waals surface area contributed by atoms with E-state index in [9.17, 15) is 5.11 Å². The molecule has 1 N–H and O–H groups in total. The number of hydrogen-bond acceptors (Lipinski definition) is 4. The van der Waals surface area contributed by atoms with Gasteiger partial charge in [0.25, 0.3) is 0 Å². The van der Waals surface area contributed by atoms with Crippen molar-refractivity contribution < 1.29 is 5.11 Å². The first kappa shape index (κ1) is 14.9. The van der Waals surface area contributed by atoms with E-state index in [2.05, 4.69) is 26.9 Å². The maximum atomic E-state index is 10.9. The number of hydrogen-bond donors (Lipinski definition) is 1. The molecule has 0 radical (unpaired) electrons. The highest BCUT2D eigenvalue weighted by molar-refractivity contribution is 5.10. The van der Waals surface area contributed by atoms with Gasteiger partial charge in [0.05, 0.1) is 11.3 Å². The Labute approximate surface area is 127 Å². The molecule has 1 aromatic rings. The van der Waals surface area contributed by atoms with Crippen LogP contribution in [-0.2, 0) is 6.54 Å². The van der Waals surface area contributed by atoms with Crippen molar-refractivity contribution in [2.45, 2.75) is 44.8 Å². The molecule has 3 rings (SSSR count). The molecule has 0 amide bonds. The molecule has 2 saturated heterocycles. The van der Waals surface area contributed by atoms with Crippen LogP contribution in [0, 0.1) is 6.92 Å². The monoisotopic (exact) mass is 289 g/mol. The van der Waals surface area contributed by atoms with Gasteiger partial charge < -0.3 is 10.0 Å². The van der Waals surface area contributed by atoms with Crippen LogP contribution >= 0.6 is 0 Å². The van der Waals surface area contributed by atoms with E-state index in [1.165, 1.54) is 12.8 Å². The number of piperidine rings is 1. The molecule has 0 aliphatic carbocycles. The van der Waals surface area contributed by atoms with Crippen LogP contribution < -0.4 is 0 Å². The number of rotatable bonds is 4. The lowest BCUT2D eigenvalue weighted by Crippen LogP contribution is -2.53. The maximum absolute atomic E-state index is 10.9. The minimum absolute atomic E-state index is 0.535. The van der Waals surface area contributed by atoms with Crippen LogP contribution in [-0.4, -0.2) is 58.2 Å². The van der Waals surface area contributed by atoms with Crippen molar-refractivity contribution in [3.8, 4) is 0 Å². The van der Waals surface area contributed by atoms with Crippen molar-refractivity contribution in [2.24, 2.45) is 0 Å². The van der Waals surface area contributed by atoms with Gasteiger partial charge in [-0.2, -0.15) is 0 Å². The number of aliphatic hydroxyl groups is 1. The predicted octanol–water partition coefficient (Wildman–Crippen LogP) is 1.81. The minimum Gasteiger partial charge on any atom is -0.387 e. The minimum atomic E-state index is -0.535. The third kappa shape index (κ3) is 4.02. The molecule has 2 fully saturated rings. The van der Waals surface area contributed by atoms with E-state index in [4.69, 9.17) is 0 Å². The van der Waals surface area contributed by atoms with Crippen LogP contribution in [0.2, 0.25) is 0 Å². The van der Waals surface area contributed by atoms with Crippen LogP contribution in [0.5, 0.6) is 0 Å². The summed E-state index contributed by atoms with van der Waals surface area (Å²) < 4.78 is 0. The van der Waals surface area contributed by atoms with Crippen LogP contribution in [0.25, 0.3) is 0 Å². The van der Waals surface area contributed by atoms with E-state index < -0.39 is 5.60 Å². The molecule has 0 bridgehead atoms. The fourth-order valence-electron chi connectivity index (χ4n) is 3.74. The SMILES string of the molecule is Cc1cccc(CN2CCC[C@@](O)(CN3CCCC3)C2)n1. The maximum Gasteiger partial charge on any atom is 0.0900 e. The van der Waals surface area contributed by atoms with Crippen molar-refractivity contribution in [3.05, 3.63) is 29.6 Å². The molecule has 2 aliphatic rings. The fraction of sp³-hybridized carbons (Fsp3) is 0.706. The Morgan fingerprint density at radius 1 is 1.14 bits per heavy atom. The van der Waals surface area contributed by atoms with E-state index in [1.54, 1.807) is 0 Å². The highest BCUT2D eigenvalue weighted by Gasteiger charge is 2.35. The first-order valence-electron chi connectivity index (χ1n) is 8.23. The molecule has 0 spiro atoms. The molecule has 0 unspecified atom stereocenters. The van der Waals surface area contributed by atoms with Gasteiger partial charge in [-0.1, -0.05) is 6.07 Å². The largest absolute Gasteiger partial charge is 0.387 e. The summed E-state index contributed by atoms with van der Waals surface area (Å²) in [5, 5.41) is 10.9. The van der Waals surface area contributed by atoms with Gasteiger partial charge in [0.2, 0.25) is 0 Å². The lowest BCUT2D eigenvalue weighted by Gasteiger charge is -2.41. The van der Waals surface area contributed by atoms with Crippen LogP contribution in [0.15, 0.2) is 18.2 Å². The predicted molar refractivity (Wildman–Crippen MR) is 84.1 cm³/mol. The van der Waals surface area contributed by atoms with Crippen molar-refractivity contribution in [3.63, 3.8) is 0 Å². The molecule has 4 nitrogen and oxygen atoms in total. The molecule has 4 heteroatoms. The van der Waals surface area contributed by atoms with Crippen LogP contribution in [0.3, 0.4) is 0 Å². The van der Waals surface area contributed by atoms with Gasteiger partial charge in [-0.25, -0.2) is 0 Å². The van der Waals surface area contributed by atoms with Gasteiger partial charge >= 0.3 is 0 Å². The Morgan fingerprint density at radius 2 is 1.90 bits per heavy atom. The molecule has 1 aromatic heterocycles. The number of β-amino-alcohol motifs (C(OH)–C–C–N with tert-alkyl or cyclic N) is 1. The topological polar surface area (TPSA) is 39.6 Å². The Bertz CT molecular complexity index is 473. The van der Waals surface area contributed by atoms with Gasteiger partial charge in [-0.15, -0.1) is 0 Å². The zero-order valence-corrected chi connectivity index (χ0v) is 13.1. The highest BCUT2D eigenvalue weighted by atomic mass is 16.3. The standard InChI is InChI=1S/C17H27N3O/c1-15-6-4-7-16(18-15)12-20-11-5-8-17(21,14-20)13-19-9-2-3-10-19/h4,6-7,21H,2-3,5,8-14H2,1H3/t17-/m1/s1. The summed E-state index contributed by atoms with van der Waals surface area (Å²) in [5.74, 6) is 0. The average Bonchev–Trinajstić information content (AvgIpc) is 2.91. The smallest absolute Gasteiger partial charge is 0.0900 e. The third-order valence-electron chi connectivity index (χ3n) is 4.68. The second-order valence-corrected chi connectivity index (χ2v) is 6.79. The first-order chi connectivity index (χ1) is 10.1. The number of nitrogens with zero attached hydrogens (tertiary/aromatic N) is 3. The van der Waals surface area contributed by atoms with E-state index in [0.29, 0.717) is 0 Å². The fourth-order valence-corrected chi connectivity index (χ4v) is 3.74. The lowest BCUT2D eigenvalue weighted by molar-refractivity contribution is -0.0521. The molecule has 0 aromatic carbocycles. The van der Waals surface area contributed by atoms with Crippen molar-refractivity contribution >= 4 is 0 Å².